The van der Waals surface area contributed by atoms with E-state index in [9.17, 15) is 4.39 Å². The molecule has 110 valence electrons. The molecule has 0 saturated carbocycles. The predicted octanol–water partition coefficient (Wildman–Crippen LogP) is 4.29. The highest BCUT2D eigenvalue weighted by atomic mass is 79.9. The second-order valence-electron chi connectivity index (χ2n) is 5.55. The van der Waals surface area contributed by atoms with Gasteiger partial charge < -0.3 is 5.73 Å². The molecule has 2 aromatic carbocycles. The fourth-order valence-electron chi connectivity index (χ4n) is 3.00. The Balaban J connectivity index is 1.87. The summed E-state index contributed by atoms with van der Waals surface area (Å²) in [5.74, 6) is -0.163. The summed E-state index contributed by atoms with van der Waals surface area (Å²) < 4.78 is 14.9. The maximum atomic E-state index is 14.1. The van der Waals surface area contributed by atoms with Crippen LogP contribution in [-0.2, 0) is 13.0 Å². The van der Waals surface area contributed by atoms with Crippen molar-refractivity contribution in [1.82, 2.24) is 4.90 Å². The molecule has 2 N–H and O–H groups in total. The van der Waals surface area contributed by atoms with Crippen LogP contribution < -0.4 is 5.73 Å². The monoisotopic (exact) mass is 348 g/mol. The van der Waals surface area contributed by atoms with E-state index in [0.717, 1.165) is 35.2 Å². The minimum Gasteiger partial charge on any atom is -0.398 e. The van der Waals surface area contributed by atoms with Gasteiger partial charge >= 0.3 is 0 Å². The molecule has 0 spiro atoms. The third-order valence-corrected chi connectivity index (χ3v) is 4.79. The topological polar surface area (TPSA) is 29.3 Å². The lowest BCUT2D eigenvalue weighted by Gasteiger charge is -2.34. The van der Waals surface area contributed by atoms with Crippen LogP contribution in [0.1, 0.15) is 29.7 Å². The molecule has 1 aliphatic rings. The van der Waals surface area contributed by atoms with E-state index in [1.54, 1.807) is 0 Å². The lowest BCUT2D eigenvalue weighted by molar-refractivity contribution is 0.189. The Morgan fingerprint density at radius 3 is 2.86 bits per heavy atom. The SMILES string of the molecule is CC(c1ccc(Br)cc1F)N1CCc2cccc(N)c2C1. The second kappa shape index (κ2) is 5.78. The first kappa shape index (κ1) is 14.5. The summed E-state index contributed by atoms with van der Waals surface area (Å²) in [5.41, 5.74) is 10.2. The summed E-state index contributed by atoms with van der Waals surface area (Å²) in [4.78, 5) is 2.28. The number of anilines is 1. The van der Waals surface area contributed by atoms with Crippen LogP contribution in [0, 0.1) is 5.82 Å². The molecule has 21 heavy (non-hydrogen) atoms. The van der Waals surface area contributed by atoms with Gasteiger partial charge in [0.1, 0.15) is 5.82 Å². The van der Waals surface area contributed by atoms with Gasteiger partial charge in [0.05, 0.1) is 0 Å². The zero-order chi connectivity index (χ0) is 15.0. The van der Waals surface area contributed by atoms with Crippen LogP contribution in [0.15, 0.2) is 40.9 Å². The minimum absolute atomic E-state index is 0.0332. The van der Waals surface area contributed by atoms with Gasteiger partial charge in [-0.3, -0.25) is 4.90 Å². The van der Waals surface area contributed by atoms with E-state index in [-0.39, 0.29) is 11.9 Å². The minimum atomic E-state index is -0.163. The fraction of sp³-hybridized carbons (Fsp3) is 0.294. The number of hydrogen-bond donors (Lipinski definition) is 1. The molecule has 1 atom stereocenters. The van der Waals surface area contributed by atoms with Gasteiger partial charge in [0.25, 0.3) is 0 Å². The Morgan fingerprint density at radius 2 is 2.10 bits per heavy atom. The van der Waals surface area contributed by atoms with Gasteiger partial charge in [0.2, 0.25) is 0 Å². The Bertz CT molecular complexity index is 672. The van der Waals surface area contributed by atoms with Gasteiger partial charge in [0, 0.05) is 34.9 Å². The summed E-state index contributed by atoms with van der Waals surface area (Å²) in [7, 11) is 0. The maximum absolute atomic E-state index is 14.1. The highest BCUT2D eigenvalue weighted by molar-refractivity contribution is 9.10. The van der Waals surface area contributed by atoms with Crippen LogP contribution in [0.2, 0.25) is 0 Å². The predicted molar refractivity (Wildman–Crippen MR) is 87.5 cm³/mol. The Morgan fingerprint density at radius 1 is 1.29 bits per heavy atom. The van der Waals surface area contributed by atoms with Crippen molar-refractivity contribution >= 4 is 21.6 Å². The molecule has 3 rings (SSSR count). The Hall–Kier alpha value is -1.39. The number of fused-ring (bicyclic) bond motifs is 1. The molecule has 1 heterocycles. The zero-order valence-electron chi connectivity index (χ0n) is 11.9. The van der Waals surface area contributed by atoms with Gasteiger partial charge in [-0.2, -0.15) is 0 Å². The number of hydrogen-bond acceptors (Lipinski definition) is 2. The molecule has 0 amide bonds. The summed E-state index contributed by atoms with van der Waals surface area (Å²) in [5, 5.41) is 0. The molecular formula is C17H18BrFN2. The number of rotatable bonds is 2. The number of nitrogen functional groups attached to an aromatic ring is 1. The van der Waals surface area contributed by atoms with Crippen LogP contribution in [0.3, 0.4) is 0 Å². The normalized spacial score (nSPS) is 16.5. The van der Waals surface area contributed by atoms with Crippen LogP contribution in [0.4, 0.5) is 10.1 Å². The van der Waals surface area contributed by atoms with E-state index in [1.165, 1.54) is 17.2 Å². The second-order valence-corrected chi connectivity index (χ2v) is 6.46. The van der Waals surface area contributed by atoms with Crippen molar-refractivity contribution in [3.63, 3.8) is 0 Å². The van der Waals surface area contributed by atoms with Crippen molar-refractivity contribution in [3.05, 3.63) is 63.4 Å². The van der Waals surface area contributed by atoms with Crippen molar-refractivity contribution in [1.29, 1.82) is 0 Å². The Labute approximate surface area is 132 Å². The van der Waals surface area contributed by atoms with E-state index in [4.69, 9.17) is 5.73 Å². The van der Waals surface area contributed by atoms with E-state index < -0.39 is 0 Å². The Kier molecular flexibility index (Phi) is 4.00. The van der Waals surface area contributed by atoms with E-state index >= 15 is 0 Å². The average Bonchev–Trinajstić information content (AvgIpc) is 2.47. The highest BCUT2D eigenvalue weighted by Crippen LogP contribution is 2.31. The van der Waals surface area contributed by atoms with Crippen LogP contribution in [0.25, 0.3) is 0 Å². The van der Waals surface area contributed by atoms with Gasteiger partial charge in [-0.15, -0.1) is 0 Å². The molecule has 0 aromatic heterocycles. The van der Waals surface area contributed by atoms with Crippen molar-refractivity contribution in [2.45, 2.75) is 25.9 Å². The van der Waals surface area contributed by atoms with Crippen LogP contribution in [-0.4, -0.2) is 11.4 Å². The third-order valence-electron chi connectivity index (χ3n) is 4.30. The molecule has 0 aliphatic carbocycles. The molecule has 0 bridgehead atoms. The molecular weight excluding hydrogens is 331 g/mol. The lowest BCUT2D eigenvalue weighted by atomic mass is 9.95. The summed E-state index contributed by atoms with van der Waals surface area (Å²) in [6.07, 6.45) is 0.961. The average molecular weight is 349 g/mol. The molecule has 0 saturated heterocycles. The molecule has 2 aromatic rings. The summed E-state index contributed by atoms with van der Waals surface area (Å²) in [6.45, 7) is 3.75. The smallest absolute Gasteiger partial charge is 0.129 e. The van der Waals surface area contributed by atoms with Crippen molar-refractivity contribution in [2.24, 2.45) is 0 Å². The van der Waals surface area contributed by atoms with Gasteiger partial charge in [-0.25, -0.2) is 4.39 Å². The van der Waals surface area contributed by atoms with Crippen LogP contribution >= 0.6 is 15.9 Å². The first-order valence-electron chi connectivity index (χ1n) is 7.11. The van der Waals surface area contributed by atoms with Crippen molar-refractivity contribution in [2.75, 3.05) is 12.3 Å². The van der Waals surface area contributed by atoms with E-state index in [1.807, 2.05) is 24.3 Å². The standard InChI is InChI=1S/C17H18BrFN2/c1-11(14-6-5-13(18)9-16(14)19)21-8-7-12-3-2-4-17(20)15(12)10-21/h2-6,9,11H,7-8,10,20H2,1H3. The molecule has 1 unspecified atom stereocenters. The molecule has 2 nitrogen and oxygen atoms in total. The molecule has 1 aliphatic heterocycles. The number of nitrogens with zero attached hydrogens (tertiary/aromatic N) is 1. The molecule has 0 fully saturated rings. The first-order chi connectivity index (χ1) is 10.1. The van der Waals surface area contributed by atoms with Crippen molar-refractivity contribution < 1.29 is 4.39 Å². The quantitative estimate of drug-likeness (QED) is 0.820. The summed E-state index contributed by atoms with van der Waals surface area (Å²) in [6, 6.07) is 11.4. The van der Waals surface area contributed by atoms with E-state index in [0.29, 0.717) is 0 Å². The third kappa shape index (κ3) is 2.83. The zero-order valence-corrected chi connectivity index (χ0v) is 13.5. The summed E-state index contributed by atoms with van der Waals surface area (Å²) >= 11 is 3.30. The molecule has 4 heteroatoms. The largest absolute Gasteiger partial charge is 0.398 e. The number of halogens is 2. The van der Waals surface area contributed by atoms with Gasteiger partial charge in [-0.05, 0) is 42.7 Å². The first-order valence-corrected chi connectivity index (χ1v) is 7.91. The van der Waals surface area contributed by atoms with Crippen LogP contribution in [0.5, 0.6) is 0 Å². The number of nitrogens with two attached hydrogens (primary N) is 1. The van der Waals surface area contributed by atoms with Gasteiger partial charge in [-0.1, -0.05) is 34.1 Å². The lowest BCUT2D eigenvalue weighted by Crippen LogP contribution is -2.33. The van der Waals surface area contributed by atoms with Crippen molar-refractivity contribution in [3.8, 4) is 0 Å². The number of benzene rings is 2. The highest BCUT2D eigenvalue weighted by Gasteiger charge is 2.24. The fourth-order valence-corrected chi connectivity index (χ4v) is 3.33. The van der Waals surface area contributed by atoms with E-state index in [2.05, 4.69) is 33.8 Å². The molecule has 0 radical (unpaired) electrons. The van der Waals surface area contributed by atoms with Gasteiger partial charge in [0.15, 0.2) is 0 Å². The maximum Gasteiger partial charge on any atom is 0.129 e.